The van der Waals surface area contributed by atoms with Gasteiger partial charge in [0.1, 0.15) is 5.76 Å². The summed E-state index contributed by atoms with van der Waals surface area (Å²) in [5.41, 5.74) is 0. The first kappa shape index (κ1) is 19.1. The van der Waals surface area contributed by atoms with E-state index < -0.39 is 0 Å². The minimum Gasteiger partial charge on any atom is -0.478 e. The van der Waals surface area contributed by atoms with Crippen LogP contribution in [0.15, 0.2) is 22.9 Å². The number of piperazine rings is 1. The molecular formula is C18H26N6O3. The van der Waals surface area contributed by atoms with Gasteiger partial charge in [-0.05, 0) is 20.3 Å². The number of carbonyl (C=O) groups is 1. The van der Waals surface area contributed by atoms with Crippen molar-refractivity contribution in [1.29, 1.82) is 0 Å². The first-order valence-corrected chi connectivity index (χ1v) is 9.29. The lowest BCUT2D eigenvalue weighted by molar-refractivity contribution is -0.121. The molecule has 1 atom stereocenters. The van der Waals surface area contributed by atoms with Crippen molar-refractivity contribution in [2.45, 2.75) is 33.2 Å². The van der Waals surface area contributed by atoms with Crippen molar-refractivity contribution >= 4 is 17.7 Å². The average molecular weight is 374 g/mol. The van der Waals surface area contributed by atoms with Gasteiger partial charge in [-0.3, -0.25) is 9.69 Å². The Balaban J connectivity index is 1.58. The van der Waals surface area contributed by atoms with E-state index in [4.69, 9.17) is 9.26 Å². The van der Waals surface area contributed by atoms with Crippen LogP contribution in [-0.2, 0) is 4.79 Å². The summed E-state index contributed by atoms with van der Waals surface area (Å²) >= 11 is 0. The van der Waals surface area contributed by atoms with Crippen LogP contribution in [0.1, 0.15) is 26.0 Å². The van der Waals surface area contributed by atoms with Gasteiger partial charge >= 0.3 is 0 Å². The Morgan fingerprint density at radius 3 is 2.74 bits per heavy atom. The number of amides is 1. The van der Waals surface area contributed by atoms with Crippen LogP contribution in [0.5, 0.6) is 5.88 Å². The first-order chi connectivity index (χ1) is 13.1. The molecule has 0 aromatic carbocycles. The third-order valence-electron chi connectivity index (χ3n) is 4.52. The molecule has 0 bridgehead atoms. The van der Waals surface area contributed by atoms with Gasteiger partial charge in [-0.1, -0.05) is 12.1 Å². The zero-order valence-electron chi connectivity index (χ0n) is 16.0. The van der Waals surface area contributed by atoms with Gasteiger partial charge in [0.05, 0.1) is 12.6 Å². The van der Waals surface area contributed by atoms with Crippen LogP contribution in [0, 0.1) is 6.92 Å². The van der Waals surface area contributed by atoms with Crippen LogP contribution in [0.3, 0.4) is 0 Å². The Morgan fingerprint density at radius 2 is 2.11 bits per heavy atom. The summed E-state index contributed by atoms with van der Waals surface area (Å²) in [5.74, 6) is 2.31. The van der Waals surface area contributed by atoms with E-state index in [2.05, 4.69) is 30.2 Å². The van der Waals surface area contributed by atoms with Crippen molar-refractivity contribution < 1.29 is 14.1 Å². The largest absolute Gasteiger partial charge is 0.478 e. The number of carbonyl (C=O) groups excluding carboxylic acids is 1. The van der Waals surface area contributed by atoms with Crippen LogP contribution in [-0.4, -0.2) is 64.8 Å². The number of aryl methyl sites for hydroxylation is 1. The molecule has 0 saturated carbocycles. The summed E-state index contributed by atoms with van der Waals surface area (Å²) in [5, 5.41) is 6.67. The van der Waals surface area contributed by atoms with Crippen molar-refractivity contribution in [2.75, 3.05) is 43.0 Å². The Hall–Kier alpha value is -2.68. The van der Waals surface area contributed by atoms with Crippen LogP contribution in [0.4, 0.5) is 11.8 Å². The van der Waals surface area contributed by atoms with Gasteiger partial charge < -0.3 is 19.5 Å². The van der Waals surface area contributed by atoms with Gasteiger partial charge in [0, 0.05) is 44.5 Å². The molecule has 1 fully saturated rings. The summed E-state index contributed by atoms with van der Waals surface area (Å²) in [6.45, 7) is 9.32. The SMILES string of the molecule is CCOc1ccnc(N2CCN(C(CC)C(=O)Nc3cc(C)on3)CC2)n1. The second-order valence-corrected chi connectivity index (χ2v) is 6.39. The number of nitrogens with zero attached hydrogens (tertiary/aromatic N) is 5. The Kier molecular flexibility index (Phi) is 6.23. The molecule has 1 amide bonds. The fraction of sp³-hybridized carbons (Fsp3) is 0.556. The molecule has 9 nitrogen and oxygen atoms in total. The summed E-state index contributed by atoms with van der Waals surface area (Å²) in [4.78, 5) is 25.7. The van der Waals surface area contributed by atoms with Crippen molar-refractivity contribution in [2.24, 2.45) is 0 Å². The summed E-state index contributed by atoms with van der Waals surface area (Å²) < 4.78 is 10.5. The number of rotatable bonds is 7. The number of ether oxygens (including phenoxy) is 1. The lowest BCUT2D eigenvalue weighted by Crippen LogP contribution is -2.54. The third kappa shape index (κ3) is 4.73. The van der Waals surface area contributed by atoms with Crippen molar-refractivity contribution in [1.82, 2.24) is 20.0 Å². The standard InChI is InChI=1S/C18H26N6O3/c1-4-14(17(25)20-15-12-13(3)27-22-15)23-8-10-24(11-9-23)18-19-7-6-16(21-18)26-5-2/h6-7,12,14H,4-5,8-11H2,1-3H3,(H,20,22,25). The second-order valence-electron chi connectivity index (χ2n) is 6.39. The maximum Gasteiger partial charge on any atom is 0.242 e. The Morgan fingerprint density at radius 1 is 1.33 bits per heavy atom. The maximum absolute atomic E-state index is 12.6. The topological polar surface area (TPSA) is 96.6 Å². The molecule has 3 rings (SSSR count). The van der Waals surface area contributed by atoms with Gasteiger partial charge in [0.25, 0.3) is 0 Å². The average Bonchev–Trinajstić information content (AvgIpc) is 3.08. The number of anilines is 2. The lowest BCUT2D eigenvalue weighted by Gasteiger charge is -2.38. The van der Waals surface area contributed by atoms with Crippen LogP contribution >= 0.6 is 0 Å². The second kappa shape index (κ2) is 8.81. The van der Waals surface area contributed by atoms with Crippen LogP contribution in [0.25, 0.3) is 0 Å². The van der Waals surface area contributed by atoms with Gasteiger partial charge in [-0.15, -0.1) is 0 Å². The minimum atomic E-state index is -0.208. The smallest absolute Gasteiger partial charge is 0.242 e. The molecule has 0 aliphatic carbocycles. The molecule has 0 spiro atoms. The number of hydrogen-bond donors (Lipinski definition) is 1. The van der Waals surface area contributed by atoms with Crippen molar-refractivity contribution in [3.8, 4) is 5.88 Å². The van der Waals surface area contributed by atoms with Gasteiger partial charge in [0.15, 0.2) is 5.82 Å². The highest BCUT2D eigenvalue weighted by Crippen LogP contribution is 2.17. The number of aromatic nitrogens is 3. The summed E-state index contributed by atoms with van der Waals surface area (Å²) in [6.07, 6.45) is 2.43. The molecule has 1 N–H and O–H groups in total. The van der Waals surface area contributed by atoms with Gasteiger partial charge in [-0.2, -0.15) is 4.98 Å². The fourth-order valence-electron chi connectivity index (χ4n) is 3.19. The molecule has 2 aromatic rings. The van der Waals surface area contributed by atoms with E-state index in [0.29, 0.717) is 30.0 Å². The van der Waals surface area contributed by atoms with Gasteiger partial charge in [-0.25, -0.2) is 4.98 Å². The minimum absolute atomic E-state index is 0.0613. The van der Waals surface area contributed by atoms with E-state index in [-0.39, 0.29) is 11.9 Å². The molecule has 9 heteroatoms. The molecule has 2 aromatic heterocycles. The van der Waals surface area contributed by atoms with Crippen LogP contribution < -0.4 is 15.0 Å². The predicted molar refractivity (Wildman–Crippen MR) is 101 cm³/mol. The monoisotopic (exact) mass is 374 g/mol. The molecule has 1 aliphatic heterocycles. The van der Waals surface area contributed by atoms with E-state index in [1.165, 1.54) is 0 Å². The fourth-order valence-corrected chi connectivity index (χ4v) is 3.19. The Bertz CT molecular complexity index is 757. The summed E-state index contributed by atoms with van der Waals surface area (Å²) in [6, 6.07) is 3.26. The highest BCUT2D eigenvalue weighted by molar-refractivity contribution is 5.94. The lowest BCUT2D eigenvalue weighted by atomic mass is 10.1. The van der Waals surface area contributed by atoms with E-state index in [0.717, 1.165) is 32.6 Å². The zero-order valence-corrected chi connectivity index (χ0v) is 16.0. The molecule has 146 valence electrons. The predicted octanol–water partition coefficient (Wildman–Crippen LogP) is 1.71. The number of hydrogen-bond acceptors (Lipinski definition) is 8. The maximum atomic E-state index is 12.6. The molecule has 27 heavy (non-hydrogen) atoms. The molecule has 3 heterocycles. The molecule has 1 saturated heterocycles. The Labute approximate surface area is 158 Å². The summed E-state index contributed by atoms with van der Waals surface area (Å²) in [7, 11) is 0. The van der Waals surface area contributed by atoms with Crippen LogP contribution in [0.2, 0.25) is 0 Å². The van der Waals surface area contributed by atoms with Crippen molar-refractivity contribution in [3.05, 3.63) is 24.1 Å². The van der Waals surface area contributed by atoms with E-state index in [9.17, 15) is 4.79 Å². The normalized spacial score (nSPS) is 16.2. The van der Waals surface area contributed by atoms with E-state index in [1.807, 2.05) is 13.8 Å². The van der Waals surface area contributed by atoms with E-state index in [1.54, 1.807) is 25.3 Å². The first-order valence-electron chi connectivity index (χ1n) is 9.29. The van der Waals surface area contributed by atoms with Gasteiger partial charge in [0.2, 0.25) is 17.7 Å². The molecule has 0 radical (unpaired) electrons. The van der Waals surface area contributed by atoms with E-state index >= 15 is 0 Å². The van der Waals surface area contributed by atoms with Crippen molar-refractivity contribution in [3.63, 3.8) is 0 Å². The molecule has 1 aliphatic rings. The highest BCUT2D eigenvalue weighted by Gasteiger charge is 2.29. The number of nitrogens with one attached hydrogen (secondary N) is 1. The molecule has 1 unspecified atom stereocenters. The zero-order chi connectivity index (χ0) is 19.2. The molecular weight excluding hydrogens is 348 g/mol. The highest BCUT2D eigenvalue weighted by atomic mass is 16.5. The quantitative estimate of drug-likeness (QED) is 0.782. The third-order valence-corrected chi connectivity index (χ3v) is 4.52.